The minimum Gasteiger partial charge on any atom is -0.339 e. The molecule has 3 nitrogen and oxygen atoms in total. The SMILES string of the molecule is CC(C)c1ccc(/C=C/C(=O)N2CCCC3(CCCNC3)C2)cc1. The molecule has 1 aromatic rings. The minimum absolute atomic E-state index is 0.160. The third kappa shape index (κ3) is 4.07. The molecule has 1 spiro atoms. The van der Waals surface area contributed by atoms with Gasteiger partial charge in [0.2, 0.25) is 5.91 Å². The molecule has 1 aromatic carbocycles. The van der Waals surface area contributed by atoms with E-state index in [2.05, 4.69) is 48.3 Å². The fraction of sp³-hybridized carbons (Fsp3) is 0.571. The van der Waals surface area contributed by atoms with Crippen molar-refractivity contribution in [2.24, 2.45) is 5.41 Å². The van der Waals surface area contributed by atoms with Crippen LogP contribution in [-0.4, -0.2) is 37.0 Å². The van der Waals surface area contributed by atoms with Crippen LogP contribution >= 0.6 is 0 Å². The lowest BCUT2D eigenvalue weighted by atomic mass is 9.74. The Kier molecular flexibility index (Phi) is 5.40. The Morgan fingerprint density at radius 1 is 1.21 bits per heavy atom. The molecule has 2 aliphatic rings. The van der Waals surface area contributed by atoms with Gasteiger partial charge in [0.05, 0.1) is 0 Å². The largest absolute Gasteiger partial charge is 0.339 e. The second kappa shape index (κ2) is 7.52. The highest BCUT2D eigenvalue weighted by Crippen LogP contribution is 2.35. The highest BCUT2D eigenvalue weighted by molar-refractivity contribution is 5.91. The molecule has 3 rings (SSSR count). The van der Waals surface area contributed by atoms with Gasteiger partial charge in [0, 0.05) is 31.1 Å². The number of nitrogens with one attached hydrogen (secondary N) is 1. The number of amides is 1. The van der Waals surface area contributed by atoms with Crippen molar-refractivity contribution >= 4 is 12.0 Å². The van der Waals surface area contributed by atoms with E-state index in [1.807, 2.05) is 6.08 Å². The predicted molar refractivity (Wildman–Crippen MR) is 99.9 cm³/mol. The highest BCUT2D eigenvalue weighted by atomic mass is 16.2. The zero-order valence-electron chi connectivity index (χ0n) is 15.1. The molecule has 130 valence electrons. The van der Waals surface area contributed by atoms with Crippen molar-refractivity contribution in [3.63, 3.8) is 0 Å². The molecule has 0 bridgehead atoms. The maximum absolute atomic E-state index is 12.6. The first kappa shape index (κ1) is 17.2. The van der Waals surface area contributed by atoms with Gasteiger partial charge in [0.1, 0.15) is 0 Å². The van der Waals surface area contributed by atoms with Gasteiger partial charge < -0.3 is 10.2 Å². The molecule has 1 unspecified atom stereocenters. The molecule has 1 amide bonds. The summed E-state index contributed by atoms with van der Waals surface area (Å²) in [6, 6.07) is 8.50. The van der Waals surface area contributed by atoms with Gasteiger partial charge >= 0.3 is 0 Å². The van der Waals surface area contributed by atoms with Gasteiger partial charge in [-0.3, -0.25) is 4.79 Å². The van der Waals surface area contributed by atoms with E-state index in [0.717, 1.165) is 38.2 Å². The van der Waals surface area contributed by atoms with Crippen LogP contribution in [-0.2, 0) is 4.79 Å². The van der Waals surface area contributed by atoms with Crippen LogP contribution in [0.1, 0.15) is 56.6 Å². The molecule has 0 aliphatic carbocycles. The number of nitrogens with zero attached hydrogens (tertiary/aromatic N) is 1. The van der Waals surface area contributed by atoms with E-state index >= 15 is 0 Å². The first-order chi connectivity index (χ1) is 11.6. The smallest absolute Gasteiger partial charge is 0.246 e. The summed E-state index contributed by atoms with van der Waals surface area (Å²) in [6.07, 6.45) is 8.57. The maximum atomic E-state index is 12.6. The fourth-order valence-electron chi connectivity index (χ4n) is 4.04. The molecular formula is C21H30N2O. The topological polar surface area (TPSA) is 32.3 Å². The Bertz CT molecular complexity index is 577. The number of piperidine rings is 2. The van der Waals surface area contributed by atoms with Crippen LogP contribution in [0, 0.1) is 5.41 Å². The third-order valence-electron chi connectivity index (χ3n) is 5.56. The number of rotatable bonds is 3. The number of hydrogen-bond donors (Lipinski definition) is 1. The van der Waals surface area contributed by atoms with Crippen LogP contribution in [0.3, 0.4) is 0 Å². The third-order valence-corrected chi connectivity index (χ3v) is 5.56. The van der Waals surface area contributed by atoms with Crippen LogP contribution in [0.25, 0.3) is 6.08 Å². The second-order valence-corrected chi connectivity index (χ2v) is 7.80. The highest BCUT2D eigenvalue weighted by Gasteiger charge is 2.37. The van der Waals surface area contributed by atoms with Crippen molar-refractivity contribution < 1.29 is 4.79 Å². The van der Waals surface area contributed by atoms with Crippen LogP contribution in [0.15, 0.2) is 30.3 Å². The van der Waals surface area contributed by atoms with Crippen molar-refractivity contribution in [2.45, 2.75) is 45.4 Å². The summed E-state index contributed by atoms with van der Waals surface area (Å²) in [5.41, 5.74) is 2.75. The number of likely N-dealkylation sites (tertiary alicyclic amines) is 1. The first-order valence-electron chi connectivity index (χ1n) is 9.36. The van der Waals surface area contributed by atoms with Crippen molar-refractivity contribution in [3.8, 4) is 0 Å². The summed E-state index contributed by atoms with van der Waals surface area (Å²) in [5.74, 6) is 0.700. The minimum atomic E-state index is 0.160. The molecule has 2 aliphatic heterocycles. The molecule has 2 heterocycles. The summed E-state index contributed by atoms with van der Waals surface area (Å²) in [6.45, 7) is 8.40. The van der Waals surface area contributed by atoms with Gasteiger partial charge in [0.15, 0.2) is 0 Å². The van der Waals surface area contributed by atoms with E-state index in [-0.39, 0.29) is 5.91 Å². The van der Waals surface area contributed by atoms with Crippen LogP contribution in [0.2, 0.25) is 0 Å². The van der Waals surface area contributed by atoms with E-state index in [1.54, 1.807) is 6.08 Å². The lowest BCUT2D eigenvalue weighted by molar-refractivity contribution is -0.129. The molecule has 1 N–H and O–H groups in total. The Hall–Kier alpha value is -1.61. The van der Waals surface area contributed by atoms with Gasteiger partial charge in [-0.15, -0.1) is 0 Å². The Balaban J connectivity index is 1.61. The normalized spacial score (nSPS) is 24.9. The molecule has 3 heteroatoms. The first-order valence-corrected chi connectivity index (χ1v) is 9.36. The monoisotopic (exact) mass is 326 g/mol. The van der Waals surface area contributed by atoms with Gasteiger partial charge in [-0.2, -0.15) is 0 Å². The number of benzene rings is 1. The molecule has 24 heavy (non-hydrogen) atoms. The maximum Gasteiger partial charge on any atom is 0.246 e. The molecule has 2 saturated heterocycles. The Morgan fingerprint density at radius 2 is 1.96 bits per heavy atom. The van der Waals surface area contributed by atoms with E-state index in [1.165, 1.54) is 24.8 Å². The van der Waals surface area contributed by atoms with E-state index in [4.69, 9.17) is 0 Å². The zero-order valence-corrected chi connectivity index (χ0v) is 15.1. The van der Waals surface area contributed by atoms with Crippen molar-refractivity contribution in [1.29, 1.82) is 0 Å². The van der Waals surface area contributed by atoms with E-state index in [9.17, 15) is 4.79 Å². The summed E-state index contributed by atoms with van der Waals surface area (Å²) in [4.78, 5) is 14.6. The van der Waals surface area contributed by atoms with Gasteiger partial charge in [-0.25, -0.2) is 0 Å². The van der Waals surface area contributed by atoms with Crippen LogP contribution in [0.4, 0.5) is 0 Å². The quantitative estimate of drug-likeness (QED) is 0.857. The predicted octanol–water partition coefficient (Wildman–Crippen LogP) is 3.82. The summed E-state index contributed by atoms with van der Waals surface area (Å²) >= 11 is 0. The van der Waals surface area contributed by atoms with Gasteiger partial charge in [-0.05, 0) is 55.3 Å². The summed E-state index contributed by atoms with van der Waals surface area (Å²) in [7, 11) is 0. The lowest BCUT2D eigenvalue weighted by Crippen LogP contribution is -2.52. The number of hydrogen-bond acceptors (Lipinski definition) is 2. The van der Waals surface area contributed by atoms with Crippen molar-refractivity contribution in [3.05, 3.63) is 41.5 Å². The van der Waals surface area contributed by atoms with E-state index in [0.29, 0.717) is 11.3 Å². The molecule has 2 fully saturated rings. The van der Waals surface area contributed by atoms with Crippen LogP contribution < -0.4 is 5.32 Å². The zero-order chi connectivity index (χ0) is 17.0. The molecule has 0 radical (unpaired) electrons. The van der Waals surface area contributed by atoms with Crippen molar-refractivity contribution in [2.75, 3.05) is 26.2 Å². The average molecular weight is 326 g/mol. The standard InChI is InChI=1S/C21H30N2O/c1-17(2)19-8-5-18(6-9-19)7-10-20(24)23-14-4-12-21(16-23)11-3-13-22-15-21/h5-10,17,22H,3-4,11-16H2,1-2H3/b10-7+. The second-order valence-electron chi connectivity index (χ2n) is 7.80. The summed E-state index contributed by atoms with van der Waals surface area (Å²) in [5, 5.41) is 3.52. The molecule has 0 aromatic heterocycles. The van der Waals surface area contributed by atoms with Gasteiger partial charge in [0.25, 0.3) is 0 Å². The fourth-order valence-corrected chi connectivity index (χ4v) is 4.04. The summed E-state index contributed by atoms with van der Waals surface area (Å²) < 4.78 is 0. The van der Waals surface area contributed by atoms with Crippen LogP contribution in [0.5, 0.6) is 0 Å². The molecular weight excluding hydrogens is 296 g/mol. The number of carbonyl (C=O) groups excluding carboxylic acids is 1. The van der Waals surface area contributed by atoms with Crippen molar-refractivity contribution in [1.82, 2.24) is 10.2 Å². The average Bonchev–Trinajstić information content (AvgIpc) is 2.60. The Labute approximate surface area is 146 Å². The Morgan fingerprint density at radius 3 is 2.62 bits per heavy atom. The van der Waals surface area contributed by atoms with E-state index < -0.39 is 0 Å². The van der Waals surface area contributed by atoms with Gasteiger partial charge in [-0.1, -0.05) is 38.1 Å². The molecule has 1 atom stereocenters. The lowest BCUT2D eigenvalue weighted by Gasteiger charge is -2.45. The number of carbonyl (C=O) groups is 1. The molecule has 0 saturated carbocycles.